The fourth-order valence-electron chi connectivity index (χ4n) is 3.82. The van der Waals surface area contributed by atoms with E-state index >= 15 is 0 Å². The number of piperidine rings is 1. The van der Waals surface area contributed by atoms with E-state index in [0.29, 0.717) is 6.04 Å². The number of aliphatic imine (C=N–C) groups is 1. The molecule has 1 saturated carbocycles. The molecule has 3 atom stereocenters. The SMILES string of the molecule is CN=C(NCC(C)(C)N1CCCC(C)C1)NC1CCC(SC)C1.I. The molecule has 0 spiro atoms. The normalized spacial score (nSPS) is 29.2. The van der Waals surface area contributed by atoms with Crippen LogP contribution in [0.15, 0.2) is 4.99 Å². The third-order valence-corrected chi connectivity index (χ3v) is 6.58. The Kier molecular flexibility index (Phi) is 9.74. The molecule has 3 unspecified atom stereocenters. The Labute approximate surface area is 170 Å². The number of hydrogen-bond donors (Lipinski definition) is 2. The van der Waals surface area contributed by atoms with Crippen molar-refractivity contribution < 1.29 is 0 Å². The number of likely N-dealkylation sites (tertiary alicyclic amines) is 1. The highest BCUT2D eigenvalue weighted by molar-refractivity contribution is 14.0. The maximum atomic E-state index is 4.43. The van der Waals surface area contributed by atoms with E-state index < -0.39 is 0 Å². The second-order valence-corrected chi connectivity index (χ2v) is 9.08. The summed E-state index contributed by atoms with van der Waals surface area (Å²) < 4.78 is 0. The molecule has 1 saturated heterocycles. The Hall–Kier alpha value is 0.310. The predicted molar refractivity (Wildman–Crippen MR) is 119 cm³/mol. The third kappa shape index (κ3) is 6.56. The van der Waals surface area contributed by atoms with E-state index in [1.165, 1.54) is 45.2 Å². The summed E-state index contributed by atoms with van der Waals surface area (Å²) in [4.78, 5) is 7.07. The number of nitrogens with one attached hydrogen (secondary N) is 2. The predicted octanol–water partition coefficient (Wildman–Crippen LogP) is 3.56. The Morgan fingerprint density at radius 2 is 2.04 bits per heavy atom. The van der Waals surface area contributed by atoms with Crippen molar-refractivity contribution in [1.82, 2.24) is 15.5 Å². The zero-order chi connectivity index (χ0) is 16.9. The molecular formula is C18H37IN4S. The summed E-state index contributed by atoms with van der Waals surface area (Å²) in [6.45, 7) is 10.5. The van der Waals surface area contributed by atoms with Gasteiger partial charge >= 0.3 is 0 Å². The van der Waals surface area contributed by atoms with Crippen LogP contribution in [0.5, 0.6) is 0 Å². The smallest absolute Gasteiger partial charge is 0.191 e. The maximum absolute atomic E-state index is 4.43. The lowest BCUT2D eigenvalue weighted by Crippen LogP contribution is -2.56. The zero-order valence-electron chi connectivity index (χ0n) is 16.1. The van der Waals surface area contributed by atoms with E-state index in [4.69, 9.17) is 0 Å². The van der Waals surface area contributed by atoms with Gasteiger partial charge in [-0.3, -0.25) is 9.89 Å². The molecule has 2 fully saturated rings. The fourth-order valence-corrected chi connectivity index (χ4v) is 4.62. The summed E-state index contributed by atoms with van der Waals surface area (Å²) in [6.07, 6.45) is 8.78. The van der Waals surface area contributed by atoms with Gasteiger partial charge in [-0.1, -0.05) is 6.92 Å². The molecule has 1 heterocycles. The van der Waals surface area contributed by atoms with Crippen LogP contribution in [-0.4, -0.2) is 60.6 Å². The molecule has 0 amide bonds. The van der Waals surface area contributed by atoms with Gasteiger partial charge in [0.05, 0.1) is 0 Å². The standard InChI is InChI=1S/C18H36N4S.HI/c1-14-7-6-10-22(12-14)18(2,3)13-20-17(19-4)21-15-8-9-16(11-15)23-5;/h14-16H,6-13H2,1-5H3,(H2,19,20,21);1H. The van der Waals surface area contributed by atoms with Gasteiger partial charge in [0.15, 0.2) is 5.96 Å². The maximum Gasteiger partial charge on any atom is 0.191 e. The van der Waals surface area contributed by atoms with Gasteiger partial charge in [0.2, 0.25) is 0 Å². The van der Waals surface area contributed by atoms with Gasteiger partial charge in [0.25, 0.3) is 0 Å². The van der Waals surface area contributed by atoms with E-state index in [-0.39, 0.29) is 29.5 Å². The summed E-state index contributed by atoms with van der Waals surface area (Å²) in [5, 5.41) is 8.01. The number of nitrogens with zero attached hydrogens (tertiary/aromatic N) is 2. The zero-order valence-corrected chi connectivity index (χ0v) is 19.2. The Morgan fingerprint density at radius 1 is 1.29 bits per heavy atom. The van der Waals surface area contributed by atoms with Crippen LogP contribution in [0, 0.1) is 5.92 Å². The molecule has 6 heteroatoms. The highest BCUT2D eigenvalue weighted by Gasteiger charge is 2.30. The third-order valence-electron chi connectivity index (χ3n) is 5.48. The minimum absolute atomic E-state index is 0. The average Bonchev–Trinajstić information content (AvgIpc) is 2.99. The molecule has 4 nitrogen and oxygen atoms in total. The lowest BCUT2D eigenvalue weighted by molar-refractivity contribution is 0.0739. The monoisotopic (exact) mass is 468 g/mol. The van der Waals surface area contributed by atoms with E-state index in [9.17, 15) is 0 Å². The second-order valence-electron chi connectivity index (χ2n) is 7.94. The van der Waals surface area contributed by atoms with Crippen LogP contribution < -0.4 is 10.6 Å². The molecular weight excluding hydrogens is 431 g/mol. The van der Waals surface area contributed by atoms with Crippen LogP contribution in [0.3, 0.4) is 0 Å². The van der Waals surface area contributed by atoms with Gasteiger partial charge in [0.1, 0.15) is 0 Å². The van der Waals surface area contributed by atoms with Crippen molar-refractivity contribution in [2.24, 2.45) is 10.9 Å². The van der Waals surface area contributed by atoms with E-state index in [0.717, 1.165) is 23.7 Å². The minimum Gasteiger partial charge on any atom is -0.355 e. The first kappa shape index (κ1) is 22.4. The fraction of sp³-hybridized carbons (Fsp3) is 0.944. The molecule has 2 N–H and O–H groups in total. The van der Waals surface area contributed by atoms with Gasteiger partial charge < -0.3 is 10.6 Å². The highest BCUT2D eigenvalue weighted by Crippen LogP contribution is 2.28. The van der Waals surface area contributed by atoms with Crippen molar-refractivity contribution in [1.29, 1.82) is 0 Å². The minimum atomic E-state index is 0. The molecule has 1 aliphatic heterocycles. The Balaban J connectivity index is 0.00000288. The van der Waals surface area contributed by atoms with E-state index in [2.05, 4.69) is 47.6 Å². The number of hydrogen-bond acceptors (Lipinski definition) is 3. The van der Waals surface area contributed by atoms with Crippen molar-refractivity contribution >= 4 is 41.7 Å². The van der Waals surface area contributed by atoms with Crippen molar-refractivity contribution in [3.05, 3.63) is 0 Å². The lowest BCUT2D eigenvalue weighted by Gasteiger charge is -2.43. The first-order valence-electron chi connectivity index (χ1n) is 9.19. The first-order valence-corrected chi connectivity index (χ1v) is 10.5. The van der Waals surface area contributed by atoms with Crippen LogP contribution in [0.4, 0.5) is 0 Å². The van der Waals surface area contributed by atoms with Crippen molar-refractivity contribution in [2.75, 3.05) is 32.9 Å². The molecule has 0 radical (unpaired) electrons. The van der Waals surface area contributed by atoms with Crippen LogP contribution >= 0.6 is 35.7 Å². The molecule has 0 bridgehead atoms. The number of rotatable bonds is 5. The number of halogens is 1. The van der Waals surface area contributed by atoms with Crippen molar-refractivity contribution in [3.63, 3.8) is 0 Å². The molecule has 0 aromatic rings. The van der Waals surface area contributed by atoms with Gasteiger partial charge in [-0.15, -0.1) is 24.0 Å². The van der Waals surface area contributed by atoms with Crippen LogP contribution in [0.2, 0.25) is 0 Å². The lowest BCUT2D eigenvalue weighted by atomic mass is 9.93. The van der Waals surface area contributed by atoms with Crippen LogP contribution in [0.1, 0.15) is 52.9 Å². The topological polar surface area (TPSA) is 39.7 Å². The number of guanidine groups is 1. The molecule has 24 heavy (non-hydrogen) atoms. The van der Waals surface area contributed by atoms with E-state index in [1.54, 1.807) is 0 Å². The molecule has 142 valence electrons. The molecule has 0 aromatic carbocycles. The van der Waals surface area contributed by atoms with Crippen LogP contribution in [0.25, 0.3) is 0 Å². The summed E-state index contributed by atoms with van der Waals surface area (Å²) in [7, 11) is 1.88. The van der Waals surface area contributed by atoms with Gasteiger partial charge in [-0.05, 0) is 64.7 Å². The quantitative estimate of drug-likeness (QED) is 0.368. The average molecular weight is 468 g/mol. The molecule has 2 rings (SSSR count). The molecule has 1 aliphatic carbocycles. The van der Waals surface area contributed by atoms with E-state index in [1.807, 2.05) is 18.8 Å². The highest BCUT2D eigenvalue weighted by atomic mass is 127. The molecule has 2 aliphatic rings. The summed E-state index contributed by atoms with van der Waals surface area (Å²) in [5.74, 6) is 1.79. The number of thioether (sulfide) groups is 1. The summed E-state index contributed by atoms with van der Waals surface area (Å²) >= 11 is 2.00. The molecule has 0 aromatic heterocycles. The first-order chi connectivity index (χ1) is 10.9. The van der Waals surface area contributed by atoms with Gasteiger partial charge in [0, 0.05) is 37.0 Å². The summed E-state index contributed by atoms with van der Waals surface area (Å²) in [6, 6.07) is 0.580. The largest absolute Gasteiger partial charge is 0.355 e. The second kappa shape index (κ2) is 10.5. The Morgan fingerprint density at radius 3 is 2.62 bits per heavy atom. The summed E-state index contributed by atoms with van der Waals surface area (Å²) in [5.41, 5.74) is 0.170. The van der Waals surface area contributed by atoms with Crippen molar-refractivity contribution in [3.8, 4) is 0 Å². The van der Waals surface area contributed by atoms with Crippen molar-refractivity contribution in [2.45, 2.75) is 69.7 Å². The van der Waals surface area contributed by atoms with Gasteiger partial charge in [-0.25, -0.2) is 0 Å². The van der Waals surface area contributed by atoms with Gasteiger partial charge in [-0.2, -0.15) is 11.8 Å². The Bertz CT molecular complexity index is 402. The van der Waals surface area contributed by atoms with Crippen LogP contribution in [-0.2, 0) is 0 Å².